The molecule has 0 saturated carbocycles. The molecule has 2 aromatic heterocycles. The summed E-state index contributed by atoms with van der Waals surface area (Å²) >= 11 is 1.80. The standard InChI is InChI=1S/C17H19N3S/c1-11(8-14-4-3-7-21-14)20-17-9-12(2)19-16-6-5-13(18)10-15(16)17/h3-7,9-11H,8,18H2,1-2H3,(H,19,20). The first-order valence-corrected chi connectivity index (χ1v) is 7.95. The number of fused-ring (bicyclic) bond motifs is 1. The van der Waals surface area contributed by atoms with Gasteiger partial charge in [0.25, 0.3) is 0 Å². The van der Waals surface area contributed by atoms with Gasteiger partial charge in [-0.2, -0.15) is 0 Å². The third-order valence-electron chi connectivity index (χ3n) is 3.45. The molecule has 0 radical (unpaired) electrons. The third kappa shape index (κ3) is 3.16. The number of rotatable bonds is 4. The predicted molar refractivity (Wildman–Crippen MR) is 92.0 cm³/mol. The summed E-state index contributed by atoms with van der Waals surface area (Å²) in [6.07, 6.45) is 1.02. The third-order valence-corrected chi connectivity index (χ3v) is 4.35. The van der Waals surface area contributed by atoms with Gasteiger partial charge in [0.15, 0.2) is 0 Å². The highest BCUT2D eigenvalue weighted by Crippen LogP contribution is 2.26. The van der Waals surface area contributed by atoms with Gasteiger partial charge in [-0.1, -0.05) is 6.07 Å². The molecule has 0 fully saturated rings. The van der Waals surface area contributed by atoms with Gasteiger partial charge in [0.2, 0.25) is 0 Å². The van der Waals surface area contributed by atoms with Crippen molar-refractivity contribution in [2.75, 3.05) is 11.1 Å². The van der Waals surface area contributed by atoms with Gasteiger partial charge in [-0.25, -0.2) is 0 Å². The van der Waals surface area contributed by atoms with Crippen molar-refractivity contribution in [3.05, 3.63) is 52.3 Å². The smallest absolute Gasteiger partial charge is 0.0727 e. The maximum Gasteiger partial charge on any atom is 0.0727 e. The van der Waals surface area contributed by atoms with E-state index in [1.807, 2.05) is 25.1 Å². The second kappa shape index (κ2) is 5.74. The van der Waals surface area contributed by atoms with Gasteiger partial charge >= 0.3 is 0 Å². The molecule has 0 bridgehead atoms. The molecule has 3 aromatic rings. The molecule has 0 amide bonds. The molecule has 0 aliphatic carbocycles. The van der Waals surface area contributed by atoms with Crippen LogP contribution in [0.1, 0.15) is 17.5 Å². The number of pyridine rings is 1. The lowest BCUT2D eigenvalue weighted by atomic mass is 10.1. The normalized spacial score (nSPS) is 12.5. The van der Waals surface area contributed by atoms with E-state index in [1.54, 1.807) is 11.3 Å². The topological polar surface area (TPSA) is 50.9 Å². The molecule has 1 atom stereocenters. The van der Waals surface area contributed by atoms with Crippen LogP contribution in [0, 0.1) is 6.92 Å². The molecule has 0 saturated heterocycles. The van der Waals surface area contributed by atoms with E-state index < -0.39 is 0 Å². The summed E-state index contributed by atoms with van der Waals surface area (Å²) in [4.78, 5) is 5.96. The Kier molecular flexibility index (Phi) is 3.80. The Morgan fingerprint density at radius 1 is 1.29 bits per heavy atom. The Balaban J connectivity index is 1.90. The highest BCUT2D eigenvalue weighted by atomic mass is 32.1. The second-order valence-electron chi connectivity index (χ2n) is 5.42. The van der Waals surface area contributed by atoms with Crippen LogP contribution in [0.3, 0.4) is 0 Å². The van der Waals surface area contributed by atoms with Crippen molar-refractivity contribution in [2.24, 2.45) is 0 Å². The molecule has 3 nitrogen and oxygen atoms in total. The zero-order valence-corrected chi connectivity index (χ0v) is 13.1. The van der Waals surface area contributed by atoms with Gasteiger partial charge in [-0.05, 0) is 49.6 Å². The molecule has 3 N–H and O–H groups in total. The summed E-state index contributed by atoms with van der Waals surface area (Å²) < 4.78 is 0. The van der Waals surface area contributed by atoms with Gasteiger partial charge in [0, 0.05) is 39.8 Å². The number of aromatic nitrogens is 1. The van der Waals surface area contributed by atoms with Crippen LogP contribution in [-0.4, -0.2) is 11.0 Å². The number of nitrogens with zero attached hydrogens (tertiary/aromatic N) is 1. The molecule has 0 aliphatic heterocycles. The maximum absolute atomic E-state index is 5.92. The van der Waals surface area contributed by atoms with Crippen LogP contribution < -0.4 is 11.1 Å². The van der Waals surface area contributed by atoms with E-state index in [0.29, 0.717) is 6.04 Å². The van der Waals surface area contributed by atoms with Gasteiger partial charge < -0.3 is 11.1 Å². The summed E-state index contributed by atoms with van der Waals surface area (Å²) in [5.41, 5.74) is 9.78. The SMILES string of the molecule is Cc1cc(NC(C)Cc2cccs2)c2cc(N)ccc2n1. The van der Waals surface area contributed by atoms with E-state index in [-0.39, 0.29) is 0 Å². The highest BCUT2D eigenvalue weighted by Gasteiger charge is 2.09. The predicted octanol–water partition coefficient (Wildman–Crippen LogP) is 4.23. The van der Waals surface area contributed by atoms with Crippen molar-refractivity contribution in [2.45, 2.75) is 26.3 Å². The van der Waals surface area contributed by atoms with Gasteiger partial charge in [-0.15, -0.1) is 11.3 Å². The Labute approximate surface area is 128 Å². The Bertz CT molecular complexity index is 750. The van der Waals surface area contributed by atoms with E-state index in [9.17, 15) is 0 Å². The minimum absolute atomic E-state index is 0.357. The van der Waals surface area contributed by atoms with Crippen LogP contribution in [0.2, 0.25) is 0 Å². The number of nitrogens with one attached hydrogen (secondary N) is 1. The molecule has 21 heavy (non-hydrogen) atoms. The molecule has 1 unspecified atom stereocenters. The monoisotopic (exact) mass is 297 g/mol. The number of aryl methyl sites for hydroxylation is 1. The quantitative estimate of drug-likeness (QED) is 0.709. The first-order chi connectivity index (χ1) is 10.1. The van der Waals surface area contributed by atoms with E-state index in [0.717, 1.165) is 34.4 Å². The summed E-state index contributed by atoms with van der Waals surface area (Å²) in [5, 5.41) is 6.80. The molecule has 0 aliphatic rings. The zero-order chi connectivity index (χ0) is 14.8. The van der Waals surface area contributed by atoms with Gasteiger partial charge in [0.05, 0.1) is 5.52 Å². The summed E-state index contributed by atoms with van der Waals surface area (Å²) in [5.74, 6) is 0. The first kappa shape index (κ1) is 13.9. The number of anilines is 2. The van der Waals surface area contributed by atoms with Crippen LogP contribution in [0.15, 0.2) is 41.8 Å². The van der Waals surface area contributed by atoms with E-state index in [1.165, 1.54) is 4.88 Å². The van der Waals surface area contributed by atoms with Crippen molar-refractivity contribution >= 4 is 33.6 Å². The zero-order valence-electron chi connectivity index (χ0n) is 12.3. The largest absolute Gasteiger partial charge is 0.399 e. The van der Waals surface area contributed by atoms with Crippen molar-refractivity contribution in [1.29, 1.82) is 0 Å². The number of hydrogen-bond acceptors (Lipinski definition) is 4. The average Bonchev–Trinajstić information content (AvgIpc) is 2.92. The summed E-state index contributed by atoms with van der Waals surface area (Å²) in [6, 6.07) is 12.6. The second-order valence-corrected chi connectivity index (χ2v) is 6.45. The van der Waals surface area contributed by atoms with E-state index in [4.69, 9.17) is 5.73 Å². The lowest BCUT2D eigenvalue weighted by Gasteiger charge is -2.17. The summed E-state index contributed by atoms with van der Waals surface area (Å²) in [7, 11) is 0. The van der Waals surface area contributed by atoms with Crippen molar-refractivity contribution < 1.29 is 0 Å². The number of thiophene rings is 1. The number of benzene rings is 1. The molecular formula is C17H19N3S. The number of nitrogen functional groups attached to an aromatic ring is 1. The fraction of sp³-hybridized carbons (Fsp3) is 0.235. The molecule has 3 rings (SSSR count). The highest BCUT2D eigenvalue weighted by molar-refractivity contribution is 7.09. The Morgan fingerprint density at radius 2 is 2.14 bits per heavy atom. The Hall–Kier alpha value is -2.07. The van der Waals surface area contributed by atoms with Crippen LogP contribution in [0.4, 0.5) is 11.4 Å². The first-order valence-electron chi connectivity index (χ1n) is 7.07. The fourth-order valence-electron chi connectivity index (χ4n) is 2.54. The minimum Gasteiger partial charge on any atom is -0.399 e. The minimum atomic E-state index is 0.357. The van der Waals surface area contributed by atoms with Gasteiger partial charge in [-0.3, -0.25) is 4.98 Å². The lowest BCUT2D eigenvalue weighted by molar-refractivity contribution is 0.801. The van der Waals surface area contributed by atoms with Crippen LogP contribution in [-0.2, 0) is 6.42 Å². The van der Waals surface area contributed by atoms with Crippen molar-refractivity contribution in [3.8, 4) is 0 Å². The van der Waals surface area contributed by atoms with Crippen LogP contribution in [0.25, 0.3) is 10.9 Å². The molecule has 1 aromatic carbocycles. The number of hydrogen-bond donors (Lipinski definition) is 2. The average molecular weight is 297 g/mol. The summed E-state index contributed by atoms with van der Waals surface area (Å²) in [6.45, 7) is 4.22. The lowest BCUT2D eigenvalue weighted by Crippen LogP contribution is -2.18. The fourth-order valence-corrected chi connectivity index (χ4v) is 3.38. The molecule has 4 heteroatoms. The molecule has 108 valence electrons. The van der Waals surface area contributed by atoms with Crippen LogP contribution in [0.5, 0.6) is 0 Å². The Morgan fingerprint density at radius 3 is 2.90 bits per heavy atom. The molecule has 2 heterocycles. The van der Waals surface area contributed by atoms with Crippen molar-refractivity contribution in [1.82, 2.24) is 4.98 Å². The van der Waals surface area contributed by atoms with Crippen molar-refractivity contribution in [3.63, 3.8) is 0 Å². The number of nitrogens with two attached hydrogens (primary N) is 1. The van der Waals surface area contributed by atoms with E-state index in [2.05, 4.69) is 40.8 Å². The maximum atomic E-state index is 5.92. The van der Waals surface area contributed by atoms with E-state index >= 15 is 0 Å². The van der Waals surface area contributed by atoms with Gasteiger partial charge in [0.1, 0.15) is 0 Å². The molecule has 0 spiro atoms. The van der Waals surface area contributed by atoms with Crippen LogP contribution >= 0.6 is 11.3 Å². The molecular weight excluding hydrogens is 278 g/mol.